The number of phenols is 1. The second kappa shape index (κ2) is 33.0. The number of carbonyl (C=O) groups is 10. The summed E-state index contributed by atoms with van der Waals surface area (Å²) in [6, 6.07) is 10.6. The number of fused-ring (bicyclic) bond motifs is 1. The molecule has 0 saturated heterocycles. The van der Waals surface area contributed by atoms with Gasteiger partial charge in [0.15, 0.2) is 0 Å². The average molecular weight is 1170 g/mol. The number of aromatic hydroxyl groups is 1. The summed E-state index contributed by atoms with van der Waals surface area (Å²) in [6.07, 6.45) is 1.39. The fraction of sp³-hybridized carbons (Fsp3) is 0.492. The highest BCUT2D eigenvalue weighted by molar-refractivity contribution is 5.98. The number of aromatic nitrogens is 1. The van der Waals surface area contributed by atoms with E-state index in [1.54, 1.807) is 74.6 Å². The number of aliphatic carboxylic acids is 2. The van der Waals surface area contributed by atoms with Crippen molar-refractivity contribution in [2.75, 3.05) is 13.2 Å². The Morgan fingerprint density at radius 1 is 0.643 bits per heavy atom. The number of aromatic amines is 1. The number of carboxylic acid groups (broad SMARTS) is 2. The molecule has 5 unspecified atom stereocenters. The van der Waals surface area contributed by atoms with Gasteiger partial charge in [0.05, 0.1) is 19.4 Å². The van der Waals surface area contributed by atoms with Crippen LogP contribution < -0.4 is 43.4 Å². The fourth-order valence-corrected chi connectivity index (χ4v) is 10.2. The summed E-state index contributed by atoms with van der Waals surface area (Å²) in [4.78, 5) is 140. The zero-order valence-corrected chi connectivity index (χ0v) is 47.3. The minimum absolute atomic E-state index is 0.0235. The first-order valence-corrected chi connectivity index (χ1v) is 28.3. The molecule has 1 fully saturated rings. The van der Waals surface area contributed by atoms with Crippen molar-refractivity contribution in [2.45, 2.75) is 159 Å². The Hall–Kier alpha value is -8.42. The largest absolute Gasteiger partial charge is 0.508 e. The number of nitrogens with zero attached hydrogens (tertiary/aromatic N) is 1. The molecule has 84 heavy (non-hydrogen) atoms. The quantitative estimate of drug-likeness (QED) is 0.0289. The smallest absolute Gasteiger partial charge is 0.307 e. The van der Waals surface area contributed by atoms with E-state index in [1.807, 2.05) is 0 Å². The molecule has 1 aliphatic rings. The van der Waals surface area contributed by atoms with Gasteiger partial charge < -0.3 is 78.8 Å². The highest BCUT2D eigenvalue weighted by atomic mass is 16.4. The van der Waals surface area contributed by atoms with Crippen molar-refractivity contribution in [2.24, 2.45) is 23.3 Å². The Labute approximate surface area is 486 Å². The van der Waals surface area contributed by atoms with Gasteiger partial charge in [-0.15, -0.1) is 0 Å². The van der Waals surface area contributed by atoms with Crippen molar-refractivity contribution >= 4 is 70.1 Å². The van der Waals surface area contributed by atoms with E-state index in [0.29, 0.717) is 32.5 Å². The molecule has 0 bridgehead atoms. The molecule has 25 heteroatoms. The number of para-hydroxylation sites is 1. The van der Waals surface area contributed by atoms with E-state index >= 15 is 0 Å². The Kier molecular flexibility index (Phi) is 26.1. The summed E-state index contributed by atoms with van der Waals surface area (Å²) in [5.74, 6) is -10.7. The number of aliphatic hydroxyl groups excluding tert-OH is 2. The number of aliphatic hydroxyl groups is 2. The van der Waals surface area contributed by atoms with Crippen LogP contribution >= 0.6 is 0 Å². The number of carbonyl (C=O) groups excluding carboxylic acids is 8. The van der Waals surface area contributed by atoms with Gasteiger partial charge in [-0.2, -0.15) is 0 Å². The number of carboxylic acids is 2. The molecule has 0 aliphatic heterocycles. The van der Waals surface area contributed by atoms with Gasteiger partial charge >= 0.3 is 11.9 Å². The molecule has 0 spiro atoms. The molecular formula is C59H80N10O15. The normalized spacial score (nSPS) is 15.4. The van der Waals surface area contributed by atoms with Gasteiger partial charge in [0.25, 0.3) is 0 Å². The second-order valence-electron chi connectivity index (χ2n) is 21.7. The van der Waals surface area contributed by atoms with E-state index in [0.717, 1.165) is 32.1 Å². The Bertz CT molecular complexity index is 2880. The topological polar surface area (TPSA) is 415 Å². The molecule has 1 aliphatic carbocycles. The average Bonchev–Trinajstić information content (AvgIpc) is 4.09. The molecular weight excluding hydrogens is 1090 g/mol. The zero-order valence-electron chi connectivity index (χ0n) is 47.3. The Morgan fingerprint density at radius 2 is 1.19 bits per heavy atom. The molecule has 8 amide bonds. The van der Waals surface area contributed by atoms with Gasteiger partial charge in [0.2, 0.25) is 47.3 Å². The van der Waals surface area contributed by atoms with E-state index in [1.165, 1.54) is 24.3 Å². The zero-order chi connectivity index (χ0) is 61.5. The van der Waals surface area contributed by atoms with E-state index in [2.05, 4.69) is 36.9 Å². The molecule has 4 aromatic rings. The van der Waals surface area contributed by atoms with E-state index in [-0.39, 0.29) is 69.1 Å². The van der Waals surface area contributed by atoms with Gasteiger partial charge in [-0.1, -0.05) is 107 Å². The number of benzene rings is 3. The Balaban J connectivity index is 1.40. The predicted octanol–water partition coefficient (Wildman–Crippen LogP) is 0.898. The number of hydrogen-bond donors (Lipinski definition) is 14. The monoisotopic (exact) mass is 1170 g/mol. The van der Waals surface area contributed by atoms with Crippen LogP contribution in [0, 0.1) is 11.8 Å². The van der Waals surface area contributed by atoms with Crippen LogP contribution in [-0.4, -0.2) is 156 Å². The SMILES string of the molecule is CC(C)CC(NC(=O)[C@H](Cc1ccc(O)cc1)NC(=O)C(CCCN)NC(=O)C(CO)NC(=O)C(Cc1ccccc1)NC(=O)[C@H](CC1CCCCC1)NC(=O)CCC(=O)O)C(=O)N(C(O)CC(=O)O)[C@@H](Cc1c[nH]c2ccccc12)C(N)=O. The first-order chi connectivity index (χ1) is 40.1. The standard InChI is InChI=1S/C59H80N10O15/c1-34(2)26-46(59(84)69(50(73)31-52(76)77)48(53(61)78)30-38-32-62-41-17-10-9-16-40(38)41)67-56(81)45(29-37-19-21-39(71)22-20-37)65-54(79)42(18-11-25-60)64-58(83)47(33-70)68-57(82)44(28-36-14-7-4-8-15-36)66-55(80)43(27-35-12-5-3-6-13-35)63-49(72)23-24-51(74)75/h4,7-10,14-17,19-22,32,34-35,42-48,50,62,70-71,73H,3,5-6,11-13,18,23-31,33,60H2,1-2H3,(H2,61,78)(H,63,72)(H,64,83)(H,65,79)(H,66,80)(H,67,81)(H,68,82)(H,74,75)(H,76,77)/t42?,43-,44?,45-,46?,47?,48-,50?/m0/s1. The lowest BCUT2D eigenvalue weighted by atomic mass is 9.84. The highest BCUT2D eigenvalue weighted by Crippen LogP contribution is 2.28. The molecule has 8 atom stereocenters. The lowest BCUT2D eigenvalue weighted by Crippen LogP contribution is -2.62. The number of rotatable bonds is 34. The maximum absolute atomic E-state index is 14.9. The van der Waals surface area contributed by atoms with Gasteiger partial charge in [0, 0.05) is 42.8 Å². The third-order valence-corrected chi connectivity index (χ3v) is 14.6. The number of phenolic OH excluding ortho intramolecular Hbond substituents is 1. The van der Waals surface area contributed by atoms with E-state index in [9.17, 15) is 73.5 Å². The maximum Gasteiger partial charge on any atom is 0.307 e. The van der Waals surface area contributed by atoms with Crippen LogP contribution in [-0.2, 0) is 67.2 Å². The maximum atomic E-state index is 14.9. The molecule has 456 valence electrons. The van der Waals surface area contributed by atoms with Gasteiger partial charge in [-0.25, -0.2) is 0 Å². The van der Waals surface area contributed by atoms with Gasteiger partial charge in [-0.05, 0) is 79.0 Å². The number of nitrogens with one attached hydrogen (secondary N) is 7. The first-order valence-electron chi connectivity index (χ1n) is 28.3. The van der Waals surface area contributed by atoms with Crippen LogP contribution in [0.2, 0.25) is 0 Å². The molecule has 0 radical (unpaired) electrons. The molecule has 16 N–H and O–H groups in total. The molecule has 1 saturated carbocycles. The fourth-order valence-electron chi connectivity index (χ4n) is 10.2. The summed E-state index contributed by atoms with van der Waals surface area (Å²) < 4.78 is 0. The van der Waals surface area contributed by atoms with Crippen molar-refractivity contribution in [3.05, 3.63) is 102 Å². The van der Waals surface area contributed by atoms with Crippen LogP contribution in [0.5, 0.6) is 5.75 Å². The van der Waals surface area contributed by atoms with Crippen LogP contribution in [0.15, 0.2) is 85.1 Å². The minimum atomic E-state index is -2.12. The van der Waals surface area contributed by atoms with Crippen molar-refractivity contribution in [3.8, 4) is 5.75 Å². The lowest BCUT2D eigenvalue weighted by Gasteiger charge is -2.36. The minimum Gasteiger partial charge on any atom is -0.508 e. The molecule has 1 aromatic heterocycles. The van der Waals surface area contributed by atoms with E-state index in [4.69, 9.17) is 11.5 Å². The molecule has 5 rings (SSSR count). The van der Waals surface area contributed by atoms with Gasteiger partial charge in [0.1, 0.15) is 54.3 Å². The summed E-state index contributed by atoms with van der Waals surface area (Å²) in [5, 5.41) is 67.4. The van der Waals surface area contributed by atoms with Crippen LogP contribution in [0.3, 0.4) is 0 Å². The molecule has 3 aromatic carbocycles. The van der Waals surface area contributed by atoms with Crippen molar-refractivity contribution in [1.82, 2.24) is 41.8 Å². The van der Waals surface area contributed by atoms with Gasteiger partial charge in [-0.3, -0.25) is 47.9 Å². The van der Waals surface area contributed by atoms with Crippen molar-refractivity contribution < 1.29 is 73.5 Å². The third-order valence-electron chi connectivity index (χ3n) is 14.6. The number of H-pyrrole nitrogens is 1. The number of hydrogen-bond acceptors (Lipinski definition) is 14. The Morgan fingerprint density at radius 3 is 1.77 bits per heavy atom. The summed E-state index contributed by atoms with van der Waals surface area (Å²) >= 11 is 0. The number of nitrogens with two attached hydrogens (primary N) is 2. The third kappa shape index (κ3) is 20.8. The lowest BCUT2D eigenvalue weighted by molar-refractivity contribution is -0.159. The molecule has 1 heterocycles. The summed E-state index contributed by atoms with van der Waals surface area (Å²) in [5.41, 5.74) is 13.9. The number of primary amides is 1. The number of amides is 8. The van der Waals surface area contributed by atoms with Crippen LogP contribution in [0.1, 0.15) is 108 Å². The molecule has 25 nitrogen and oxygen atoms in total. The van der Waals surface area contributed by atoms with Crippen LogP contribution in [0.25, 0.3) is 10.9 Å². The van der Waals surface area contributed by atoms with E-state index < -0.39 is 134 Å². The highest BCUT2D eigenvalue weighted by Gasteiger charge is 2.41. The van der Waals surface area contributed by atoms with Crippen molar-refractivity contribution in [1.29, 1.82) is 0 Å². The summed E-state index contributed by atoms with van der Waals surface area (Å²) in [7, 11) is 0. The first kappa shape index (κ1) is 66.4. The second-order valence-corrected chi connectivity index (χ2v) is 21.7. The summed E-state index contributed by atoms with van der Waals surface area (Å²) in [6.45, 7) is 2.45. The van der Waals surface area contributed by atoms with Crippen molar-refractivity contribution in [3.63, 3.8) is 0 Å². The predicted molar refractivity (Wildman–Crippen MR) is 307 cm³/mol. The van der Waals surface area contributed by atoms with Crippen LogP contribution in [0.4, 0.5) is 0 Å².